The van der Waals surface area contributed by atoms with Gasteiger partial charge in [0.1, 0.15) is 12.1 Å². The number of halogens is 1. The number of nitrogens with zero attached hydrogens (tertiary/aromatic N) is 3. The smallest absolute Gasteiger partial charge is 0.240 e. The third-order valence-corrected chi connectivity index (χ3v) is 7.13. The second-order valence-electron chi connectivity index (χ2n) is 9.20. The number of rotatable bonds is 12. The van der Waals surface area contributed by atoms with Crippen LogP contribution in [0.5, 0.6) is 0 Å². The van der Waals surface area contributed by atoms with E-state index in [1.165, 1.54) is 0 Å². The molecule has 12 heteroatoms. The highest BCUT2D eigenvalue weighted by Crippen LogP contribution is 2.25. The Bertz CT molecular complexity index is 767. The molecule has 2 unspecified atom stereocenters. The van der Waals surface area contributed by atoms with Gasteiger partial charge in [-0.05, 0) is 44.1 Å². The summed E-state index contributed by atoms with van der Waals surface area (Å²) in [5.41, 5.74) is 16.0. The van der Waals surface area contributed by atoms with Gasteiger partial charge in [0.15, 0.2) is 0 Å². The van der Waals surface area contributed by atoms with Gasteiger partial charge in [0.05, 0.1) is 5.33 Å². The first-order chi connectivity index (χ1) is 16.5. The minimum atomic E-state index is -0.505. The summed E-state index contributed by atoms with van der Waals surface area (Å²) < 4.78 is 0. The molecule has 0 radical (unpaired) electrons. The summed E-state index contributed by atoms with van der Waals surface area (Å²) in [6.45, 7) is 6.08. The van der Waals surface area contributed by atoms with Crippen molar-refractivity contribution < 1.29 is 24.0 Å². The second kappa shape index (κ2) is 15.0. The van der Waals surface area contributed by atoms with E-state index in [1.54, 1.807) is 21.7 Å². The number of nitrogens with two attached hydrogens (primary N) is 3. The van der Waals surface area contributed by atoms with E-state index >= 15 is 0 Å². The molecule has 200 valence electrons. The molecule has 0 aliphatic carbocycles. The monoisotopic (exact) mass is 560 g/mol. The quantitative estimate of drug-likeness (QED) is 0.278. The van der Waals surface area contributed by atoms with Crippen molar-refractivity contribution in [1.82, 2.24) is 14.7 Å². The van der Waals surface area contributed by atoms with E-state index in [1.807, 2.05) is 13.8 Å². The largest absolute Gasteiger partial charge is 0.368 e. The van der Waals surface area contributed by atoms with Gasteiger partial charge in [-0.15, -0.1) is 0 Å². The number of likely N-dealkylation sites (tertiary alicyclic amines) is 2. The average Bonchev–Trinajstić information content (AvgIpc) is 3.34. The lowest BCUT2D eigenvalue weighted by atomic mass is 10.0. The van der Waals surface area contributed by atoms with E-state index < -0.39 is 23.9 Å². The van der Waals surface area contributed by atoms with Crippen molar-refractivity contribution in [2.24, 2.45) is 29.0 Å². The van der Waals surface area contributed by atoms with Crippen LogP contribution in [0.1, 0.15) is 52.4 Å². The van der Waals surface area contributed by atoms with Crippen LogP contribution in [-0.2, 0) is 24.0 Å². The SMILES string of the molecule is CC[C@@H](C(N)=O)N1CC(CCN(C)C(=O)CBr)CC1=O.CC[C@@H](C(N)=O)N1CC(CCN)CC1=O. The summed E-state index contributed by atoms with van der Waals surface area (Å²) in [7, 11) is 1.75. The van der Waals surface area contributed by atoms with Crippen molar-refractivity contribution in [3.8, 4) is 0 Å². The molecule has 0 aromatic rings. The Hall–Kier alpha value is -2.21. The third kappa shape index (κ3) is 9.06. The van der Waals surface area contributed by atoms with Gasteiger partial charge < -0.3 is 31.9 Å². The van der Waals surface area contributed by atoms with Crippen molar-refractivity contribution in [1.29, 1.82) is 0 Å². The van der Waals surface area contributed by atoms with Crippen molar-refractivity contribution in [2.45, 2.75) is 64.5 Å². The number of primary amides is 2. The predicted octanol–water partition coefficient (Wildman–Crippen LogP) is -0.210. The Morgan fingerprint density at radius 3 is 1.71 bits per heavy atom. The van der Waals surface area contributed by atoms with Gasteiger partial charge in [0, 0.05) is 39.5 Å². The van der Waals surface area contributed by atoms with Gasteiger partial charge >= 0.3 is 0 Å². The molecule has 6 N–H and O–H groups in total. The van der Waals surface area contributed by atoms with E-state index in [0.29, 0.717) is 57.2 Å². The van der Waals surface area contributed by atoms with Crippen LogP contribution in [0.3, 0.4) is 0 Å². The lowest BCUT2D eigenvalue weighted by Gasteiger charge is -2.24. The molecule has 2 aliphatic rings. The Kier molecular flexibility index (Phi) is 13.2. The molecule has 35 heavy (non-hydrogen) atoms. The van der Waals surface area contributed by atoms with Crippen LogP contribution >= 0.6 is 15.9 Å². The Morgan fingerprint density at radius 2 is 1.37 bits per heavy atom. The first-order valence-corrected chi connectivity index (χ1v) is 13.3. The molecule has 11 nitrogen and oxygen atoms in total. The van der Waals surface area contributed by atoms with Gasteiger partial charge in [0.2, 0.25) is 29.5 Å². The van der Waals surface area contributed by atoms with E-state index in [0.717, 1.165) is 12.8 Å². The molecule has 0 spiro atoms. The molecular formula is C23H41BrN6O5. The lowest BCUT2D eigenvalue weighted by Crippen LogP contribution is -2.45. The van der Waals surface area contributed by atoms with Crippen molar-refractivity contribution >= 4 is 45.5 Å². The number of amides is 5. The van der Waals surface area contributed by atoms with E-state index in [9.17, 15) is 24.0 Å². The van der Waals surface area contributed by atoms with Crippen LogP contribution in [0, 0.1) is 11.8 Å². The highest BCUT2D eigenvalue weighted by Gasteiger charge is 2.36. The predicted molar refractivity (Wildman–Crippen MR) is 136 cm³/mol. The molecule has 4 atom stereocenters. The highest BCUT2D eigenvalue weighted by atomic mass is 79.9. The normalized spacial score (nSPS) is 21.4. The van der Waals surface area contributed by atoms with Crippen LogP contribution in [0.2, 0.25) is 0 Å². The molecule has 0 aromatic carbocycles. The van der Waals surface area contributed by atoms with Gasteiger partial charge in [-0.2, -0.15) is 0 Å². The lowest BCUT2D eigenvalue weighted by molar-refractivity contribution is -0.136. The van der Waals surface area contributed by atoms with Gasteiger partial charge in [-0.1, -0.05) is 29.8 Å². The zero-order chi connectivity index (χ0) is 26.7. The van der Waals surface area contributed by atoms with Gasteiger partial charge in [-0.25, -0.2) is 0 Å². The number of carbonyl (C=O) groups is 5. The maximum atomic E-state index is 12.0. The topological polar surface area (TPSA) is 173 Å². The van der Waals surface area contributed by atoms with Crippen LogP contribution in [0.4, 0.5) is 0 Å². The first-order valence-electron chi connectivity index (χ1n) is 12.2. The number of hydrogen-bond donors (Lipinski definition) is 3. The maximum Gasteiger partial charge on any atom is 0.240 e. The van der Waals surface area contributed by atoms with Crippen LogP contribution in [0.15, 0.2) is 0 Å². The fraction of sp³-hybridized carbons (Fsp3) is 0.783. The number of alkyl halides is 1. The zero-order valence-corrected chi connectivity index (χ0v) is 22.7. The van der Waals surface area contributed by atoms with Crippen molar-refractivity contribution in [3.63, 3.8) is 0 Å². The Morgan fingerprint density at radius 1 is 0.943 bits per heavy atom. The fourth-order valence-corrected chi connectivity index (χ4v) is 5.02. The first kappa shape index (κ1) is 30.8. The Labute approximate surface area is 216 Å². The molecule has 0 aromatic heterocycles. The number of carbonyl (C=O) groups excluding carboxylic acids is 5. The average molecular weight is 562 g/mol. The molecule has 5 amide bonds. The summed E-state index contributed by atoms with van der Waals surface area (Å²) in [6, 6.07) is -0.949. The van der Waals surface area contributed by atoms with Gasteiger partial charge in [-0.3, -0.25) is 24.0 Å². The maximum absolute atomic E-state index is 12.0. The highest BCUT2D eigenvalue weighted by molar-refractivity contribution is 9.09. The van der Waals surface area contributed by atoms with E-state index in [-0.39, 0.29) is 29.6 Å². The molecule has 2 saturated heterocycles. The number of hydrogen-bond acceptors (Lipinski definition) is 6. The molecule has 2 rings (SSSR count). The van der Waals surface area contributed by atoms with Crippen LogP contribution in [0.25, 0.3) is 0 Å². The molecule has 0 saturated carbocycles. The van der Waals surface area contributed by atoms with Crippen molar-refractivity contribution in [2.75, 3.05) is 38.6 Å². The van der Waals surface area contributed by atoms with Crippen LogP contribution in [-0.4, -0.2) is 94.9 Å². The van der Waals surface area contributed by atoms with Crippen LogP contribution < -0.4 is 17.2 Å². The second-order valence-corrected chi connectivity index (χ2v) is 9.76. The summed E-state index contributed by atoms with van der Waals surface area (Å²) in [5.74, 6) is -0.367. The summed E-state index contributed by atoms with van der Waals surface area (Å²) in [5, 5.41) is 0.304. The molecule has 2 aliphatic heterocycles. The third-order valence-electron chi connectivity index (χ3n) is 6.65. The zero-order valence-electron chi connectivity index (χ0n) is 21.1. The molecule has 0 bridgehead atoms. The van der Waals surface area contributed by atoms with Crippen molar-refractivity contribution in [3.05, 3.63) is 0 Å². The standard InChI is InChI=1S/C13H22BrN3O3.C10H19N3O2/c1-3-10(13(15)20)17-8-9(6-11(17)18)4-5-16(2)12(19)7-14;1-2-8(10(12)15)13-6-7(3-4-11)5-9(13)14/h9-10H,3-8H2,1-2H3,(H2,15,20);7-8H,2-6,11H2,1H3,(H2,12,15)/t9?,10-;7?,8-/m00/s1. The summed E-state index contributed by atoms with van der Waals surface area (Å²) in [6.07, 6.45) is 3.64. The van der Waals surface area contributed by atoms with E-state index in [4.69, 9.17) is 17.2 Å². The minimum Gasteiger partial charge on any atom is -0.368 e. The molecule has 2 fully saturated rings. The summed E-state index contributed by atoms with van der Waals surface area (Å²) in [4.78, 5) is 62.3. The molecule has 2 heterocycles. The fourth-order valence-electron chi connectivity index (χ4n) is 4.60. The Balaban J connectivity index is 0.000000365. The van der Waals surface area contributed by atoms with E-state index in [2.05, 4.69) is 15.9 Å². The minimum absolute atomic E-state index is 0.0184. The summed E-state index contributed by atoms with van der Waals surface area (Å²) >= 11 is 3.13. The van der Waals surface area contributed by atoms with Gasteiger partial charge in [0.25, 0.3) is 0 Å². The molecular weight excluding hydrogens is 520 g/mol.